The van der Waals surface area contributed by atoms with Gasteiger partial charge in [0.15, 0.2) is 23.9 Å². The van der Waals surface area contributed by atoms with Gasteiger partial charge in [-0.25, -0.2) is 0 Å². The van der Waals surface area contributed by atoms with E-state index in [9.17, 15) is 0 Å². The number of rotatable bonds is 0. The predicted molar refractivity (Wildman–Crippen MR) is 113 cm³/mol. The van der Waals surface area contributed by atoms with Crippen LogP contribution in [0.1, 0.15) is 22.5 Å². The fraction of sp³-hybridized carbons (Fsp3) is 0.0769. The van der Waals surface area contributed by atoms with Crippen molar-refractivity contribution >= 4 is 11.1 Å². The summed E-state index contributed by atoms with van der Waals surface area (Å²) in [4.78, 5) is 0. The summed E-state index contributed by atoms with van der Waals surface area (Å²) < 4.78 is 16.9. The van der Waals surface area contributed by atoms with Crippen LogP contribution in [0.25, 0.3) is 11.1 Å². The van der Waals surface area contributed by atoms with E-state index in [0.717, 1.165) is 56.7 Å². The maximum absolute atomic E-state index is 6.29. The molecule has 0 atom stereocenters. The monoisotopic (exact) mass is 392 g/mol. The summed E-state index contributed by atoms with van der Waals surface area (Å²) in [6.45, 7) is 0. The van der Waals surface area contributed by atoms with Crippen LogP contribution >= 0.6 is 0 Å². The Balaban J connectivity index is 1.84. The van der Waals surface area contributed by atoms with Gasteiger partial charge in [0.1, 0.15) is 25.6 Å². The van der Waals surface area contributed by atoms with Crippen LogP contribution in [0.15, 0.2) is 85.2 Å². The second-order valence-corrected chi connectivity index (χ2v) is 7.61. The second-order valence-electron chi connectivity index (χ2n) is 7.61. The van der Waals surface area contributed by atoms with Gasteiger partial charge in [0.2, 0.25) is 0 Å². The molecule has 2 aromatic carbocycles. The van der Waals surface area contributed by atoms with E-state index in [2.05, 4.69) is 59.9 Å². The van der Waals surface area contributed by atoms with Crippen molar-refractivity contribution < 1.29 is 18.6 Å². The van der Waals surface area contributed by atoms with E-state index < -0.39 is 0 Å². The van der Waals surface area contributed by atoms with Gasteiger partial charge in [-0.2, -0.15) is 9.13 Å². The van der Waals surface area contributed by atoms with Crippen molar-refractivity contribution in [3.8, 4) is 23.0 Å². The third kappa shape index (κ3) is 2.34. The molecule has 4 aromatic rings. The Morgan fingerprint density at radius 2 is 0.900 bits per heavy atom. The number of nitrogens with zero attached hydrogens (tertiary/aromatic N) is 2. The molecule has 144 valence electrons. The molecule has 4 heteroatoms. The van der Waals surface area contributed by atoms with Gasteiger partial charge in [0.05, 0.1) is 11.1 Å². The number of ether oxygens (including phenoxy) is 2. The molecule has 0 fully saturated rings. The molecule has 4 heterocycles. The summed E-state index contributed by atoms with van der Waals surface area (Å²) in [6, 6.07) is 24.6. The zero-order valence-corrected chi connectivity index (χ0v) is 16.8. The fourth-order valence-corrected chi connectivity index (χ4v) is 4.46. The maximum Gasteiger partial charge on any atom is 0.256 e. The maximum atomic E-state index is 6.29. The first-order chi connectivity index (χ1) is 14.7. The topological polar surface area (TPSA) is 26.2 Å². The Bertz CT molecular complexity index is 1270. The van der Waals surface area contributed by atoms with Gasteiger partial charge < -0.3 is 9.47 Å². The summed E-state index contributed by atoms with van der Waals surface area (Å²) in [5.74, 6) is 3.43. The van der Waals surface area contributed by atoms with Crippen molar-refractivity contribution in [2.45, 2.75) is 0 Å². The predicted octanol–water partition coefficient (Wildman–Crippen LogP) is 4.55. The third-order valence-corrected chi connectivity index (χ3v) is 5.76. The SMILES string of the molecule is C[n+]1cccc2c1C(=C1c3ccccc3Oc3ccc[n+](C)c31)c1ccccc1O2. The van der Waals surface area contributed by atoms with Crippen LogP contribution in [0, 0.1) is 0 Å². The quantitative estimate of drug-likeness (QED) is 0.355. The van der Waals surface area contributed by atoms with E-state index >= 15 is 0 Å². The van der Waals surface area contributed by atoms with Gasteiger partial charge in [-0.1, -0.05) is 36.4 Å². The van der Waals surface area contributed by atoms with Gasteiger partial charge in [-0.15, -0.1) is 0 Å². The smallest absolute Gasteiger partial charge is 0.256 e. The molecule has 30 heavy (non-hydrogen) atoms. The molecule has 0 aliphatic carbocycles. The number of aromatic nitrogens is 2. The largest absolute Gasteiger partial charge is 0.450 e. The molecule has 0 amide bonds. The molecule has 4 nitrogen and oxygen atoms in total. The van der Waals surface area contributed by atoms with Crippen LogP contribution in [0.5, 0.6) is 23.0 Å². The number of para-hydroxylation sites is 2. The van der Waals surface area contributed by atoms with Crippen molar-refractivity contribution in [3.05, 3.63) is 108 Å². The van der Waals surface area contributed by atoms with Crippen LogP contribution in [0.3, 0.4) is 0 Å². The van der Waals surface area contributed by atoms with E-state index in [0.29, 0.717) is 0 Å². The minimum Gasteiger partial charge on any atom is -0.450 e. The molecule has 0 saturated carbocycles. The minimum atomic E-state index is 0.852. The van der Waals surface area contributed by atoms with E-state index in [4.69, 9.17) is 9.47 Å². The molecule has 2 aliphatic rings. The first kappa shape index (κ1) is 17.0. The van der Waals surface area contributed by atoms with Crippen molar-refractivity contribution in [3.63, 3.8) is 0 Å². The molecular formula is C26H20N2O2+2. The Morgan fingerprint density at radius 1 is 0.500 bits per heavy atom. The molecule has 6 rings (SSSR count). The molecule has 0 N–H and O–H groups in total. The highest BCUT2D eigenvalue weighted by atomic mass is 16.5. The number of benzene rings is 2. The lowest BCUT2D eigenvalue weighted by molar-refractivity contribution is -0.675. The Labute approximate surface area is 174 Å². The Morgan fingerprint density at radius 3 is 1.37 bits per heavy atom. The second kappa shape index (κ2) is 6.29. The zero-order valence-electron chi connectivity index (χ0n) is 16.8. The van der Waals surface area contributed by atoms with Crippen molar-refractivity contribution in [1.29, 1.82) is 0 Å². The molecule has 0 spiro atoms. The van der Waals surface area contributed by atoms with E-state index in [1.807, 2.05) is 48.5 Å². The highest BCUT2D eigenvalue weighted by molar-refractivity contribution is 6.07. The third-order valence-electron chi connectivity index (χ3n) is 5.76. The fourth-order valence-electron chi connectivity index (χ4n) is 4.46. The van der Waals surface area contributed by atoms with Gasteiger partial charge in [0.25, 0.3) is 11.4 Å². The van der Waals surface area contributed by atoms with Crippen molar-refractivity contribution in [2.75, 3.05) is 0 Å². The highest BCUT2D eigenvalue weighted by Crippen LogP contribution is 2.51. The van der Waals surface area contributed by atoms with Crippen LogP contribution in [-0.2, 0) is 14.1 Å². The van der Waals surface area contributed by atoms with E-state index in [1.165, 1.54) is 0 Å². The summed E-state index contributed by atoms with van der Waals surface area (Å²) >= 11 is 0. The first-order valence-corrected chi connectivity index (χ1v) is 9.99. The number of pyridine rings is 2. The van der Waals surface area contributed by atoms with Gasteiger partial charge in [-0.3, -0.25) is 0 Å². The van der Waals surface area contributed by atoms with Crippen LogP contribution in [-0.4, -0.2) is 0 Å². The Kier molecular flexibility index (Phi) is 3.56. The first-order valence-electron chi connectivity index (χ1n) is 9.99. The van der Waals surface area contributed by atoms with Crippen LogP contribution in [0.2, 0.25) is 0 Å². The number of fused-ring (bicyclic) bond motifs is 4. The number of hydrogen-bond acceptors (Lipinski definition) is 2. The number of hydrogen-bond donors (Lipinski definition) is 0. The molecule has 2 aliphatic heterocycles. The average molecular weight is 392 g/mol. The summed E-state index contributed by atoms with van der Waals surface area (Å²) in [5.41, 5.74) is 6.56. The van der Waals surface area contributed by atoms with E-state index in [1.54, 1.807) is 0 Å². The molecule has 0 saturated heterocycles. The zero-order chi connectivity index (χ0) is 20.2. The molecular weight excluding hydrogens is 372 g/mol. The van der Waals surface area contributed by atoms with Crippen LogP contribution in [0.4, 0.5) is 0 Å². The van der Waals surface area contributed by atoms with Gasteiger partial charge in [-0.05, 0) is 24.3 Å². The normalized spacial score (nSPS) is 15.8. The van der Waals surface area contributed by atoms with Crippen molar-refractivity contribution in [1.82, 2.24) is 0 Å². The summed E-state index contributed by atoms with van der Waals surface area (Å²) in [5, 5.41) is 0. The molecule has 0 unspecified atom stereocenters. The molecule has 2 aromatic heterocycles. The van der Waals surface area contributed by atoms with Gasteiger partial charge in [0, 0.05) is 23.3 Å². The number of aryl methyl sites for hydroxylation is 2. The van der Waals surface area contributed by atoms with Gasteiger partial charge >= 0.3 is 0 Å². The average Bonchev–Trinajstić information content (AvgIpc) is 2.77. The minimum absolute atomic E-state index is 0.852. The standard InChI is InChI=1S/C26H20N2O2/c1-27-15-7-13-21-25(27)23(17-9-3-5-11-19(17)29-21)24-18-10-4-6-12-20(18)30-22-14-8-16-28(2)26(22)24/h3-16H,1-2H3/q+2. The lowest BCUT2D eigenvalue weighted by atomic mass is 9.86. The molecule has 0 bridgehead atoms. The Hall–Kier alpha value is -3.92. The van der Waals surface area contributed by atoms with Crippen LogP contribution < -0.4 is 18.6 Å². The van der Waals surface area contributed by atoms with Crippen molar-refractivity contribution in [2.24, 2.45) is 14.1 Å². The van der Waals surface area contributed by atoms with E-state index in [-0.39, 0.29) is 0 Å². The lowest BCUT2D eigenvalue weighted by Crippen LogP contribution is -2.37. The summed E-state index contributed by atoms with van der Waals surface area (Å²) in [7, 11) is 4.13. The molecule has 0 radical (unpaired) electrons. The summed E-state index contributed by atoms with van der Waals surface area (Å²) in [6.07, 6.45) is 4.13. The lowest BCUT2D eigenvalue weighted by Gasteiger charge is -2.26. The highest BCUT2D eigenvalue weighted by Gasteiger charge is 2.39.